The molecule has 96 valence electrons. The first kappa shape index (κ1) is 14.1. The third-order valence-electron chi connectivity index (χ3n) is 2.54. The van der Waals surface area contributed by atoms with Crippen molar-refractivity contribution in [3.63, 3.8) is 0 Å². The van der Waals surface area contributed by atoms with E-state index in [1.165, 1.54) is 0 Å². The molecule has 0 aliphatic rings. The minimum Gasteiger partial charge on any atom is -0.490 e. The second kappa shape index (κ2) is 8.18. The molecule has 0 radical (unpaired) electrons. The SMILES string of the molecule is CCOc1cccnc1N(C)CCCCCCl. The molecule has 0 spiro atoms. The van der Waals surface area contributed by atoms with E-state index < -0.39 is 0 Å². The molecule has 0 saturated carbocycles. The molecule has 0 amide bonds. The van der Waals surface area contributed by atoms with Crippen LogP contribution < -0.4 is 9.64 Å². The molecule has 17 heavy (non-hydrogen) atoms. The van der Waals surface area contributed by atoms with E-state index in [1.54, 1.807) is 6.20 Å². The minimum absolute atomic E-state index is 0.665. The lowest BCUT2D eigenvalue weighted by molar-refractivity contribution is 0.339. The Hall–Kier alpha value is -0.960. The molecule has 0 fully saturated rings. The predicted molar refractivity (Wildman–Crippen MR) is 73.2 cm³/mol. The van der Waals surface area contributed by atoms with E-state index in [0.29, 0.717) is 6.61 Å². The largest absolute Gasteiger partial charge is 0.490 e. The van der Waals surface area contributed by atoms with Gasteiger partial charge in [0.25, 0.3) is 0 Å². The van der Waals surface area contributed by atoms with Gasteiger partial charge < -0.3 is 9.64 Å². The third-order valence-corrected chi connectivity index (χ3v) is 2.81. The van der Waals surface area contributed by atoms with Crippen LogP contribution in [0.5, 0.6) is 5.75 Å². The molecule has 0 aliphatic carbocycles. The Labute approximate surface area is 109 Å². The van der Waals surface area contributed by atoms with Gasteiger partial charge >= 0.3 is 0 Å². The Balaban J connectivity index is 2.52. The van der Waals surface area contributed by atoms with Crippen molar-refractivity contribution in [3.8, 4) is 5.75 Å². The summed E-state index contributed by atoms with van der Waals surface area (Å²) >= 11 is 5.65. The summed E-state index contributed by atoms with van der Waals surface area (Å²) in [7, 11) is 2.05. The van der Waals surface area contributed by atoms with Crippen LogP contribution in [0.3, 0.4) is 0 Å². The summed E-state index contributed by atoms with van der Waals surface area (Å²) in [4.78, 5) is 6.51. The molecule has 0 saturated heterocycles. The van der Waals surface area contributed by atoms with Gasteiger partial charge in [-0.15, -0.1) is 11.6 Å². The lowest BCUT2D eigenvalue weighted by atomic mass is 10.2. The minimum atomic E-state index is 0.665. The summed E-state index contributed by atoms with van der Waals surface area (Å²) in [5.41, 5.74) is 0. The maximum absolute atomic E-state index is 5.65. The van der Waals surface area contributed by atoms with Gasteiger partial charge in [0.05, 0.1) is 6.61 Å². The molecular weight excluding hydrogens is 236 g/mol. The summed E-state index contributed by atoms with van der Waals surface area (Å²) in [6.45, 7) is 3.63. The van der Waals surface area contributed by atoms with Crippen molar-refractivity contribution in [2.24, 2.45) is 0 Å². The zero-order valence-corrected chi connectivity index (χ0v) is 11.4. The van der Waals surface area contributed by atoms with Crippen molar-refractivity contribution in [3.05, 3.63) is 18.3 Å². The highest BCUT2D eigenvalue weighted by atomic mass is 35.5. The number of rotatable bonds is 8. The number of hydrogen-bond donors (Lipinski definition) is 0. The Morgan fingerprint density at radius 1 is 1.35 bits per heavy atom. The normalized spacial score (nSPS) is 10.3. The van der Waals surface area contributed by atoms with Crippen molar-refractivity contribution in [2.45, 2.75) is 26.2 Å². The molecule has 0 N–H and O–H groups in total. The molecule has 1 rings (SSSR count). The topological polar surface area (TPSA) is 25.4 Å². The number of hydrogen-bond acceptors (Lipinski definition) is 3. The average Bonchev–Trinajstić information content (AvgIpc) is 2.35. The van der Waals surface area contributed by atoms with Crippen LogP contribution in [0, 0.1) is 0 Å². The molecule has 1 heterocycles. The van der Waals surface area contributed by atoms with Crippen LogP contribution in [0.4, 0.5) is 5.82 Å². The lowest BCUT2D eigenvalue weighted by Gasteiger charge is -2.20. The monoisotopic (exact) mass is 256 g/mol. The smallest absolute Gasteiger partial charge is 0.171 e. The first-order chi connectivity index (χ1) is 8.29. The van der Waals surface area contributed by atoms with Gasteiger partial charge in [-0.1, -0.05) is 6.42 Å². The third kappa shape index (κ3) is 4.82. The van der Waals surface area contributed by atoms with Gasteiger partial charge in [0, 0.05) is 25.7 Å². The molecule has 3 nitrogen and oxygen atoms in total. The van der Waals surface area contributed by atoms with Gasteiger partial charge in [0.2, 0.25) is 0 Å². The van der Waals surface area contributed by atoms with Crippen molar-refractivity contribution in [1.82, 2.24) is 4.98 Å². The predicted octanol–water partition coefficient (Wildman–Crippen LogP) is 3.33. The maximum atomic E-state index is 5.65. The number of ether oxygens (including phenoxy) is 1. The summed E-state index contributed by atoms with van der Waals surface area (Å²) in [5.74, 6) is 2.52. The Morgan fingerprint density at radius 3 is 2.88 bits per heavy atom. The number of anilines is 1. The fraction of sp³-hybridized carbons (Fsp3) is 0.615. The van der Waals surface area contributed by atoms with E-state index in [4.69, 9.17) is 16.3 Å². The standard InChI is InChI=1S/C13H21ClN2O/c1-3-17-12-8-7-10-15-13(12)16(2)11-6-4-5-9-14/h7-8,10H,3-6,9,11H2,1-2H3. The molecule has 0 aliphatic heterocycles. The molecule has 0 bridgehead atoms. The highest BCUT2D eigenvalue weighted by molar-refractivity contribution is 6.17. The van der Waals surface area contributed by atoms with E-state index in [-0.39, 0.29) is 0 Å². The molecule has 1 aromatic rings. The van der Waals surface area contributed by atoms with Gasteiger partial charge in [0.15, 0.2) is 11.6 Å². The number of nitrogens with zero attached hydrogens (tertiary/aromatic N) is 2. The highest BCUT2D eigenvalue weighted by Crippen LogP contribution is 2.24. The zero-order valence-electron chi connectivity index (χ0n) is 10.7. The highest BCUT2D eigenvalue weighted by Gasteiger charge is 2.08. The van der Waals surface area contributed by atoms with E-state index in [2.05, 4.69) is 9.88 Å². The number of unbranched alkanes of at least 4 members (excludes halogenated alkanes) is 2. The fourth-order valence-electron chi connectivity index (χ4n) is 1.66. The summed E-state index contributed by atoms with van der Waals surface area (Å²) in [6, 6.07) is 3.86. The molecule has 0 aromatic carbocycles. The van der Waals surface area contributed by atoms with E-state index in [1.807, 2.05) is 26.1 Å². The summed E-state index contributed by atoms with van der Waals surface area (Å²) in [5, 5.41) is 0. The van der Waals surface area contributed by atoms with Crippen molar-refractivity contribution < 1.29 is 4.74 Å². The quantitative estimate of drug-likeness (QED) is 0.527. The van der Waals surface area contributed by atoms with E-state index in [0.717, 1.165) is 43.3 Å². The van der Waals surface area contributed by atoms with Crippen LogP contribution in [0.1, 0.15) is 26.2 Å². The second-order valence-corrected chi connectivity index (χ2v) is 4.31. The first-order valence-corrected chi connectivity index (χ1v) is 6.68. The van der Waals surface area contributed by atoms with Gasteiger partial charge in [-0.2, -0.15) is 0 Å². The maximum Gasteiger partial charge on any atom is 0.171 e. The zero-order chi connectivity index (χ0) is 12.5. The first-order valence-electron chi connectivity index (χ1n) is 6.14. The molecule has 0 atom stereocenters. The Kier molecular flexibility index (Phi) is 6.78. The van der Waals surface area contributed by atoms with Crippen LogP contribution in [0.15, 0.2) is 18.3 Å². The second-order valence-electron chi connectivity index (χ2n) is 3.93. The van der Waals surface area contributed by atoms with Crippen LogP contribution in [0.2, 0.25) is 0 Å². The average molecular weight is 257 g/mol. The fourth-order valence-corrected chi connectivity index (χ4v) is 1.85. The lowest BCUT2D eigenvalue weighted by Crippen LogP contribution is -2.20. The summed E-state index contributed by atoms with van der Waals surface area (Å²) < 4.78 is 5.56. The van der Waals surface area contributed by atoms with Crippen LogP contribution >= 0.6 is 11.6 Å². The van der Waals surface area contributed by atoms with Crippen LogP contribution in [-0.2, 0) is 0 Å². The van der Waals surface area contributed by atoms with E-state index >= 15 is 0 Å². The van der Waals surface area contributed by atoms with E-state index in [9.17, 15) is 0 Å². The molecule has 1 aromatic heterocycles. The molecule has 4 heteroatoms. The number of halogens is 1. The van der Waals surface area contributed by atoms with Crippen LogP contribution in [-0.4, -0.2) is 31.1 Å². The van der Waals surface area contributed by atoms with Crippen molar-refractivity contribution >= 4 is 17.4 Å². The van der Waals surface area contributed by atoms with Crippen LogP contribution in [0.25, 0.3) is 0 Å². The Bertz CT molecular complexity index is 320. The molecule has 0 unspecified atom stereocenters. The van der Waals surface area contributed by atoms with Gasteiger partial charge in [-0.3, -0.25) is 0 Å². The van der Waals surface area contributed by atoms with Gasteiger partial charge in [-0.25, -0.2) is 4.98 Å². The number of alkyl halides is 1. The number of pyridine rings is 1. The van der Waals surface area contributed by atoms with Gasteiger partial charge in [-0.05, 0) is 31.9 Å². The van der Waals surface area contributed by atoms with Gasteiger partial charge in [0.1, 0.15) is 0 Å². The summed E-state index contributed by atoms with van der Waals surface area (Å²) in [6.07, 6.45) is 5.17. The Morgan fingerprint density at radius 2 is 2.18 bits per heavy atom. The van der Waals surface area contributed by atoms with Crippen molar-refractivity contribution in [2.75, 3.05) is 31.0 Å². The number of aromatic nitrogens is 1. The molecular formula is C13H21ClN2O. The van der Waals surface area contributed by atoms with Crippen molar-refractivity contribution in [1.29, 1.82) is 0 Å².